The van der Waals surface area contributed by atoms with Crippen LogP contribution < -0.4 is 0 Å². The molecular formula is C10H7F3N4O3S. The van der Waals surface area contributed by atoms with Crippen LogP contribution in [-0.2, 0) is 13.2 Å². The molecule has 0 amide bonds. The smallest absolute Gasteiger partial charge is 0.401 e. The molecule has 112 valence electrons. The second-order valence-corrected chi connectivity index (χ2v) is 4.59. The van der Waals surface area contributed by atoms with E-state index in [0.29, 0.717) is 0 Å². The Morgan fingerprint density at radius 2 is 2.14 bits per heavy atom. The highest BCUT2D eigenvalue weighted by Gasteiger charge is 2.37. The van der Waals surface area contributed by atoms with Gasteiger partial charge in [-0.15, -0.1) is 10.2 Å². The second kappa shape index (κ2) is 5.60. The molecular weight excluding hydrogens is 313 g/mol. The number of thioether (sulfide) groups is 1. The Labute approximate surface area is 119 Å². The number of alkyl halides is 3. The molecule has 0 unspecified atom stereocenters. The molecule has 21 heavy (non-hydrogen) atoms. The quantitative estimate of drug-likeness (QED) is 0.489. The maximum absolute atomic E-state index is 12.5. The fourth-order valence-electron chi connectivity index (χ4n) is 1.36. The monoisotopic (exact) mass is 320 g/mol. The Hall–Kier alpha value is -2.30. The van der Waals surface area contributed by atoms with Crippen LogP contribution >= 0.6 is 11.8 Å². The van der Waals surface area contributed by atoms with Gasteiger partial charge >= 0.3 is 12.1 Å². The molecule has 0 radical (unpaired) electrons. The third-order valence-corrected chi connectivity index (χ3v) is 3.13. The number of furan rings is 1. The summed E-state index contributed by atoms with van der Waals surface area (Å²) in [6, 6.07) is 2.54. The molecule has 0 aromatic carbocycles. The van der Waals surface area contributed by atoms with E-state index in [1.807, 2.05) is 0 Å². The summed E-state index contributed by atoms with van der Waals surface area (Å²) in [7, 11) is 1.19. The van der Waals surface area contributed by atoms with Crippen molar-refractivity contribution in [1.82, 2.24) is 14.8 Å². The van der Waals surface area contributed by atoms with Crippen molar-refractivity contribution in [2.24, 2.45) is 7.05 Å². The number of rotatable bonds is 4. The first-order valence-electron chi connectivity index (χ1n) is 5.33. The molecule has 0 N–H and O–H groups in total. The predicted octanol–water partition coefficient (Wildman–Crippen LogP) is 3.10. The number of nitrogens with zero attached hydrogens (tertiary/aromatic N) is 4. The molecule has 2 heterocycles. The van der Waals surface area contributed by atoms with E-state index in [4.69, 9.17) is 4.42 Å². The van der Waals surface area contributed by atoms with Crippen LogP contribution in [0.1, 0.15) is 11.6 Å². The first kappa shape index (κ1) is 15.1. The highest BCUT2D eigenvalue weighted by Crippen LogP contribution is 2.30. The lowest BCUT2D eigenvalue weighted by molar-refractivity contribution is -0.402. The van der Waals surface area contributed by atoms with Crippen LogP contribution in [0.3, 0.4) is 0 Å². The first-order valence-corrected chi connectivity index (χ1v) is 6.21. The van der Waals surface area contributed by atoms with Crippen LogP contribution in [0, 0.1) is 10.1 Å². The average Bonchev–Trinajstić information content (AvgIpc) is 2.96. The molecule has 0 spiro atoms. The van der Waals surface area contributed by atoms with Gasteiger partial charge in [-0.3, -0.25) is 10.1 Å². The standard InChI is InChI=1S/C10H7F3N4O3S/c1-16-8(10(11,12)13)14-15-9(16)21-5-4-6-2-3-7(20-6)17(18)19/h2-5H,1H3/b5-4+. The summed E-state index contributed by atoms with van der Waals surface area (Å²) < 4.78 is 43.2. The average molecular weight is 320 g/mol. The molecule has 2 aromatic rings. The Bertz CT molecular complexity index is 692. The van der Waals surface area contributed by atoms with E-state index >= 15 is 0 Å². The molecule has 0 aliphatic rings. The summed E-state index contributed by atoms with van der Waals surface area (Å²) in [5.41, 5.74) is 0. The van der Waals surface area contributed by atoms with Crippen molar-refractivity contribution >= 4 is 23.7 Å². The Kier molecular flexibility index (Phi) is 4.02. The molecule has 0 atom stereocenters. The Morgan fingerprint density at radius 1 is 1.43 bits per heavy atom. The van der Waals surface area contributed by atoms with Gasteiger partial charge in [0.25, 0.3) is 0 Å². The summed E-state index contributed by atoms with van der Waals surface area (Å²) in [5, 5.41) is 18.3. The largest absolute Gasteiger partial charge is 0.451 e. The minimum absolute atomic E-state index is 0.0274. The van der Waals surface area contributed by atoms with Gasteiger partial charge in [0.1, 0.15) is 10.7 Å². The van der Waals surface area contributed by atoms with Gasteiger partial charge in [-0.1, -0.05) is 11.8 Å². The van der Waals surface area contributed by atoms with E-state index < -0.39 is 22.8 Å². The highest BCUT2D eigenvalue weighted by molar-refractivity contribution is 8.02. The van der Waals surface area contributed by atoms with Gasteiger partial charge in [-0.25, -0.2) is 0 Å². The van der Waals surface area contributed by atoms with Crippen molar-refractivity contribution in [3.8, 4) is 0 Å². The Balaban J connectivity index is 2.07. The van der Waals surface area contributed by atoms with Crippen molar-refractivity contribution in [2.45, 2.75) is 11.3 Å². The molecule has 0 saturated heterocycles. The molecule has 0 bridgehead atoms. The zero-order valence-corrected chi connectivity index (χ0v) is 11.2. The van der Waals surface area contributed by atoms with Gasteiger partial charge in [0.2, 0.25) is 5.82 Å². The van der Waals surface area contributed by atoms with Gasteiger partial charge in [-0.2, -0.15) is 13.2 Å². The number of halogens is 3. The summed E-state index contributed by atoms with van der Waals surface area (Å²) in [6.45, 7) is 0. The molecule has 0 saturated carbocycles. The van der Waals surface area contributed by atoms with E-state index in [1.165, 1.54) is 30.7 Å². The summed E-state index contributed by atoms with van der Waals surface area (Å²) in [4.78, 5) is 9.71. The molecule has 0 fully saturated rings. The third kappa shape index (κ3) is 3.42. The van der Waals surface area contributed by atoms with Crippen LogP contribution in [-0.4, -0.2) is 19.7 Å². The summed E-state index contributed by atoms with van der Waals surface area (Å²) in [6.07, 6.45) is -3.20. The molecule has 2 aromatic heterocycles. The molecule has 0 aliphatic heterocycles. The van der Waals surface area contributed by atoms with Crippen molar-refractivity contribution in [1.29, 1.82) is 0 Å². The maximum atomic E-state index is 12.5. The van der Waals surface area contributed by atoms with Crippen LogP contribution in [0.15, 0.2) is 27.1 Å². The van der Waals surface area contributed by atoms with Gasteiger partial charge in [0.15, 0.2) is 5.16 Å². The van der Waals surface area contributed by atoms with E-state index in [2.05, 4.69) is 10.2 Å². The predicted molar refractivity (Wildman–Crippen MR) is 66.3 cm³/mol. The van der Waals surface area contributed by atoms with Gasteiger partial charge in [0.05, 0.1) is 6.07 Å². The fourth-order valence-corrected chi connectivity index (χ4v) is 2.01. The van der Waals surface area contributed by atoms with E-state index in [9.17, 15) is 23.3 Å². The molecule has 0 aliphatic carbocycles. The minimum Gasteiger partial charge on any atom is -0.401 e. The molecule has 2 rings (SSSR count). The van der Waals surface area contributed by atoms with Crippen molar-refractivity contribution in [2.75, 3.05) is 0 Å². The van der Waals surface area contributed by atoms with Gasteiger partial charge in [0, 0.05) is 7.05 Å². The van der Waals surface area contributed by atoms with E-state index in [-0.39, 0.29) is 10.9 Å². The first-order chi connectivity index (χ1) is 9.79. The van der Waals surface area contributed by atoms with Gasteiger partial charge < -0.3 is 8.98 Å². The number of nitro groups is 1. The summed E-state index contributed by atoms with van der Waals surface area (Å²) in [5.74, 6) is -1.32. The topological polar surface area (TPSA) is 87.0 Å². The van der Waals surface area contributed by atoms with Crippen molar-refractivity contribution < 1.29 is 22.5 Å². The lowest BCUT2D eigenvalue weighted by Gasteiger charge is -2.04. The fraction of sp³-hybridized carbons (Fsp3) is 0.200. The third-order valence-electron chi connectivity index (χ3n) is 2.29. The maximum Gasteiger partial charge on any atom is 0.451 e. The van der Waals surface area contributed by atoms with Crippen LogP contribution in [0.5, 0.6) is 0 Å². The number of hydrogen-bond donors (Lipinski definition) is 0. The van der Waals surface area contributed by atoms with Crippen LogP contribution in [0.25, 0.3) is 6.08 Å². The summed E-state index contributed by atoms with van der Waals surface area (Å²) >= 11 is 0.875. The van der Waals surface area contributed by atoms with Crippen LogP contribution in [0.4, 0.5) is 19.1 Å². The molecule has 11 heteroatoms. The minimum atomic E-state index is -4.58. The van der Waals surface area contributed by atoms with E-state index in [1.54, 1.807) is 0 Å². The SMILES string of the molecule is Cn1c(S/C=C/c2ccc([N+](=O)[O-])o2)nnc1C(F)(F)F. The van der Waals surface area contributed by atoms with Crippen molar-refractivity contribution in [3.63, 3.8) is 0 Å². The van der Waals surface area contributed by atoms with Gasteiger partial charge in [-0.05, 0) is 17.6 Å². The number of aromatic nitrogens is 3. The van der Waals surface area contributed by atoms with Crippen LogP contribution in [0.2, 0.25) is 0 Å². The molecule has 7 nitrogen and oxygen atoms in total. The number of hydrogen-bond acceptors (Lipinski definition) is 6. The van der Waals surface area contributed by atoms with E-state index in [0.717, 1.165) is 16.3 Å². The zero-order chi connectivity index (χ0) is 15.6. The normalized spacial score (nSPS) is 12.2. The highest BCUT2D eigenvalue weighted by atomic mass is 32.2. The zero-order valence-electron chi connectivity index (χ0n) is 10.4. The lowest BCUT2D eigenvalue weighted by atomic mass is 10.4. The second-order valence-electron chi connectivity index (χ2n) is 3.72. The van der Waals surface area contributed by atoms with Crippen molar-refractivity contribution in [3.05, 3.63) is 39.2 Å². The lowest BCUT2D eigenvalue weighted by Crippen LogP contribution is -2.12. The Morgan fingerprint density at radius 3 is 2.67 bits per heavy atom.